The number of aryl methyl sites for hydroxylation is 1. The number of aromatic nitrogens is 2. The van der Waals surface area contributed by atoms with Crippen LogP contribution in [0.1, 0.15) is 38.1 Å². The average Bonchev–Trinajstić information content (AvgIpc) is 3.00. The molecule has 0 aliphatic carbocycles. The van der Waals surface area contributed by atoms with Crippen LogP contribution in [0, 0.1) is 12.7 Å². The van der Waals surface area contributed by atoms with Crippen LogP contribution < -0.4 is 15.5 Å². The van der Waals surface area contributed by atoms with Crippen LogP contribution in [-0.4, -0.2) is 45.5 Å². The van der Waals surface area contributed by atoms with Gasteiger partial charge in [0, 0.05) is 10.9 Å². The summed E-state index contributed by atoms with van der Waals surface area (Å²) in [5, 5.41) is 15.5. The summed E-state index contributed by atoms with van der Waals surface area (Å²) < 4.78 is 34.5. The third-order valence-electron chi connectivity index (χ3n) is 5.40. The molecule has 0 radical (unpaired) electrons. The van der Waals surface area contributed by atoms with Gasteiger partial charge < -0.3 is 25.1 Å². The maximum atomic E-state index is 15.0. The second kappa shape index (κ2) is 7.70. The number of β-amino-alcohol motifs (C(OH)–C–C–N with tert-alkyl or cyclic N) is 1. The molecule has 1 atom stereocenters. The Kier molecular flexibility index (Phi) is 5.28. The zero-order valence-corrected chi connectivity index (χ0v) is 18.2. The van der Waals surface area contributed by atoms with Gasteiger partial charge in [0.25, 0.3) is 0 Å². The minimum absolute atomic E-state index is 0.213. The Hall–Kier alpha value is -3.27. The quantitative estimate of drug-likeness (QED) is 0.551. The number of urea groups is 1. The maximum absolute atomic E-state index is 15.0. The lowest BCUT2D eigenvalue weighted by Gasteiger charge is -2.44. The van der Waals surface area contributed by atoms with Crippen molar-refractivity contribution < 1.29 is 23.1 Å². The number of anilines is 2. The van der Waals surface area contributed by atoms with Crippen molar-refractivity contribution in [1.29, 1.82) is 0 Å². The molecule has 0 bridgehead atoms. The minimum atomic E-state index is -1.87. The second-order valence-electron chi connectivity index (χ2n) is 8.95. The van der Waals surface area contributed by atoms with Gasteiger partial charge in [0.2, 0.25) is 5.95 Å². The number of carbonyl (C=O) groups excluding carboxylic acids is 1. The fraction of sp³-hybridized carbons (Fsp3) is 0.409. The summed E-state index contributed by atoms with van der Waals surface area (Å²) in [6, 6.07) is 2.25. The number of carbonyl (C=O) groups is 1. The lowest BCUT2D eigenvalue weighted by Crippen LogP contribution is -2.60. The molecule has 1 saturated heterocycles. The predicted octanol–water partition coefficient (Wildman–Crippen LogP) is 3.85. The molecule has 3 aromatic rings. The number of nitrogens with zero attached hydrogens (tertiary/aromatic N) is 3. The minimum Gasteiger partial charge on any atom is -0.458 e. The first-order valence-corrected chi connectivity index (χ1v) is 10.2. The van der Waals surface area contributed by atoms with Crippen LogP contribution in [0.2, 0.25) is 0 Å². The second-order valence-corrected chi connectivity index (χ2v) is 8.95. The SMILES string of the molecule is Cc1c([C@@H](NC(=O)Nc2cnc(N3CC(C)(O)C3)nc2)C(C)(C)F)oc2ccc(F)cc12. The van der Waals surface area contributed by atoms with E-state index in [1.54, 1.807) is 18.7 Å². The number of fused-ring (bicyclic) bond motifs is 1. The molecule has 0 spiro atoms. The van der Waals surface area contributed by atoms with E-state index >= 15 is 4.39 Å². The van der Waals surface area contributed by atoms with E-state index in [2.05, 4.69) is 20.6 Å². The van der Waals surface area contributed by atoms with Gasteiger partial charge in [-0.15, -0.1) is 0 Å². The first kappa shape index (κ1) is 21.9. The molecule has 170 valence electrons. The smallest absolute Gasteiger partial charge is 0.320 e. The molecule has 2 aromatic heterocycles. The van der Waals surface area contributed by atoms with Gasteiger partial charge in [0.15, 0.2) is 0 Å². The highest BCUT2D eigenvalue weighted by atomic mass is 19.1. The molecule has 4 rings (SSSR count). The van der Waals surface area contributed by atoms with E-state index in [0.717, 1.165) is 0 Å². The third-order valence-corrected chi connectivity index (χ3v) is 5.40. The van der Waals surface area contributed by atoms with E-state index in [-0.39, 0.29) is 5.76 Å². The number of rotatable bonds is 5. The molecule has 1 aliphatic heterocycles. The summed E-state index contributed by atoms with van der Waals surface area (Å²) >= 11 is 0. The monoisotopic (exact) mass is 445 g/mol. The highest BCUT2D eigenvalue weighted by Gasteiger charge is 2.38. The number of alkyl halides is 1. The van der Waals surface area contributed by atoms with Crippen LogP contribution in [0.5, 0.6) is 0 Å². The zero-order valence-electron chi connectivity index (χ0n) is 18.2. The number of amides is 2. The van der Waals surface area contributed by atoms with Crippen LogP contribution in [0.3, 0.4) is 0 Å². The Morgan fingerprint density at radius 3 is 2.56 bits per heavy atom. The van der Waals surface area contributed by atoms with E-state index in [1.807, 2.05) is 0 Å². The fourth-order valence-electron chi connectivity index (χ4n) is 3.80. The molecule has 8 nitrogen and oxygen atoms in total. The largest absolute Gasteiger partial charge is 0.458 e. The van der Waals surface area contributed by atoms with Gasteiger partial charge in [-0.1, -0.05) is 0 Å². The molecule has 0 saturated carbocycles. The van der Waals surface area contributed by atoms with Crippen LogP contribution in [0.25, 0.3) is 11.0 Å². The van der Waals surface area contributed by atoms with Gasteiger partial charge >= 0.3 is 6.03 Å². The van der Waals surface area contributed by atoms with Crippen molar-refractivity contribution in [2.24, 2.45) is 0 Å². The number of aliphatic hydroxyl groups is 1. The Bertz CT molecular complexity index is 1150. The van der Waals surface area contributed by atoms with Gasteiger partial charge in [0.1, 0.15) is 28.9 Å². The highest BCUT2D eigenvalue weighted by molar-refractivity contribution is 5.89. The molecule has 3 N–H and O–H groups in total. The predicted molar refractivity (Wildman–Crippen MR) is 116 cm³/mol. The molecule has 1 aromatic carbocycles. The molecule has 1 fully saturated rings. The number of hydrogen-bond acceptors (Lipinski definition) is 6. The van der Waals surface area contributed by atoms with Crippen molar-refractivity contribution in [3.05, 3.63) is 47.7 Å². The Morgan fingerprint density at radius 1 is 1.31 bits per heavy atom. The van der Waals surface area contributed by atoms with Crippen LogP contribution in [0.15, 0.2) is 35.0 Å². The van der Waals surface area contributed by atoms with Crippen molar-refractivity contribution in [2.45, 2.75) is 45.0 Å². The molecule has 10 heteroatoms. The van der Waals surface area contributed by atoms with E-state index in [9.17, 15) is 14.3 Å². The van der Waals surface area contributed by atoms with E-state index < -0.39 is 29.2 Å². The summed E-state index contributed by atoms with van der Waals surface area (Å²) in [7, 11) is 0. The van der Waals surface area contributed by atoms with Gasteiger partial charge in [0.05, 0.1) is 36.8 Å². The molecule has 32 heavy (non-hydrogen) atoms. The average molecular weight is 445 g/mol. The Morgan fingerprint density at radius 2 is 1.97 bits per heavy atom. The highest BCUT2D eigenvalue weighted by Crippen LogP contribution is 2.36. The van der Waals surface area contributed by atoms with E-state index in [1.165, 1.54) is 44.4 Å². The number of hydrogen-bond donors (Lipinski definition) is 3. The molecule has 3 heterocycles. The standard InChI is InChI=1S/C22H25F2N5O3/c1-12-15-7-13(23)5-6-16(15)32-17(12)18(21(2,3)24)28-20(30)27-14-8-25-19(26-9-14)29-10-22(4,31)11-29/h5-9,18,31H,10-11H2,1-4H3,(H2,27,28,30)/t18-/m1/s1. The zero-order chi connectivity index (χ0) is 23.3. The molecule has 2 amide bonds. The maximum Gasteiger partial charge on any atom is 0.320 e. The normalized spacial score (nSPS) is 16.5. The van der Waals surface area contributed by atoms with Crippen molar-refractivity contribution in [1.82, 2.24) is 15.3 Å². The number of nitrogens with one attached hydrogen (secondary N) is 2. The van der Waals surface area contributed by atoms with Gasteiger partial charge in [-0.25, -0.2) is 23.5 Å². The van der Waals surface area contributed by atoms with Gasteiger partial charge in [-0.05, 0) is 45.9 Å². The van der Waals surface area contributed by atoms with Crippen molar-refractivity contribution in [3.63, 3.8) is 0 Å². The van der Waals surface area contributed by atoms with Crippen LogP contribution in [0.4, 0.5) is 25.2 Å². The molecule has 0 unspecified atom stereocenters. The lowest BCUT2D eigenvalue weighted by molar-refractivity contribution is 0.0300. The Balaban J connectivity index is 1.49. The third kappa shape index (κ3) is 4.36. The van der Waals surface area contributed by atoms with Crippen LogP contribution >= 0.6 is 0 Å². The molecular formula is C22H25F2N5O3. The van der Waals surface area contributed by atoms with Crippen molar-refractivity contribution >= 4 is 28.6 Å². The summed E-state index contributed by atoms with van der Waals surface area (Å²) in [5.41, 5.74) is -1.35. The number of furan rings is 1. The van der Waals surface area contributed by atoms with Crippen molar-refractivity contribution in [2.75, 3.05) is 23.3 Å². The number of benzene rings is 1. The van der Waals surface area contributed by atoms with Crippen molar-refractivity contribution in [3.8, 4) is 0 Å². The van der Waals surface area contributed by atoms with Gasteiger partial charge in [-0.2, -0.15) is 0 Å². The van der Waals surface area contributed by atoms with Gasteiger partial charge in [-0.3, -0.25) is 0 Å². The Labute approximate surface area is 183 Å². The van der Waals surface area contributed by atoms with E-state index in [4.69, 9.17) is 4.42 Å². The van der Waals surface area contributed by atoms with E-state index in [0.29, 0.717) is 41.3 Å². The fourth-order valence-corrected chi connectivity index (χ4v) is 3.80. The molecule has 1 aliphatic rings. The summed E-state index contributed by atoms with van der Waals surface area (Å²) in [5.74, 6) is 0.222. The lowest BCUT2D eigenvalue weighted by atomic mass is 9.95. The molecular weight excluding hydrogens is 420 g/mol. The summed E-state index contributed by atoms with van der Waals surface area (Å²) in [6.45, 7) is 6.92. The first-order chi connectivity index (χ1) is 14.9. The first-order valence-electron chi connectivity index (χ1n) is 10.2. The van der Waals surface area contributed by atoms with Crippen LogP contribution in [-0.2, 0) is 0 Å². The summed E-state index contributed by atoms with van der Waals surface area (Å²) in [6.07, 6.45) is 2.86. The number of halogens is 2. The summed E-state index contributed by atoms with van der Waals surface area (Å²) in [4.78, 5) is 22.8. The topological polar surface area (TPSA) is 104 Å².